The van der Waals surface area contributed by atoms with E-state index in [0.29, 0.717) is 56.2 Å². The van der Waals surface area contributed by atoms with Gasteiger partial charge in [0.25, 0.3) is 5.91 Å². The van der Waals surface area contributed by atoms with Crippen LogP contribution < -0.4 is 20.4 Å². The number of hydrogen-bond acceptors (Lipinski definition) is 9. The van der Waals surface area contributed by atoms with E-state index < -0.39 is 81.5 Å². The average Bonchev–Trinajstić information content (AvgIpc) is 4.16. The number of hydrogen-bond donors (Lipinski definition) is 4. The first-order chi connectivity index (χ1) is 36.6. The van der Waals surface area contributed by atoms with E-state index in [9.17, 15) is 41.8 Å². The number of fused-ring (bicyclic) bond motifs is 1. The van der Waals surface area contributed by atoms with Crippen LogP contribution in [0.4, 0.5) is 43.4 Å². The summed E-state index contributed by atoms with van der Waals surface area (Å²) in [6, 6.07) is 17.9. The molecule has 0 bridgehead atoms. The highest BCUT2D eigenvalue weighted by atomic mass is 79.9. The van der Waals surface area contributed by atoms with Crippen LogP contribution >= 0.6 is 27.5 Å². The van der Waals surface area contributed by atoms with E-state index in [0.717, 1.165) is 81.8 Å². The number of ether oxygens (including phenoxy) is 1. The first-order valence-corrected chi connectivity index (χ1v) is 25.6. The van der Waals surface area contributed by atoms with Crippen LogP contribution in [0.2, 0.25) is 5.02 Å². The van der Waals surface area contributed by atoms with Crippen LogP contribution in [-0.4, -0.2) is 89.9 Å². The molecule has 4 heterocycles. The summed E-state index contributed by atoms with van der Waals surface area (Å²) in [4.78, 5) is 58.3. The van der Waals surface area contributed by atoms with Crippen molar-refractivity contribution in [3.05, 3.63) is 163 Å². The van der Waals surface area contributed by atoms with Crippen LogP contribution in [-0.2, 0) is 16.0 Å². The molecule has 3 saturated heterocycles. The number of carbonyl (C=O) groups excluding carboxylic acids is 2. The van der Waals surface area contributed by atoms with Gasteiger partial charge in [0.2, 0.25) is 0 Å². The van der Waals surface area contributed by atoms with E-state index in [2.05, 4.69) is 48.1 Å². The van der Waals surface area contributed by atoms with Crippen molar-refractivity contribution in [2.75, 3.05) is 36.5 Å². The van der Waals surface area contributed by atoms with Gasteiger partial charge < -0.3 is 35.4 Å². The van der Waals surface area contributed by atoms with Gasteiger partial charge in [0, 0.05) is 75.7 Å². The van der Waals surface area contributed by atoms with Crippen LogP contribution in [0.25, 0.3) is 26.9 Å². The van der Waals surface area contributed by atoms with Gasteiger partial charge in [0.1, 0.15) is 57.6 Å². The number of nitrogens with one attached hydrogen (secondary N) is 2. The second-order valence-corrected chi connectivity index (χ2v) is 19.8. The average molecular weight is 1150 g/mol. The fraction of sp³-hybridized carbons (Fsp3) is 0.321. The van der Waals surface area contributed by atoms with E-state index in [1.54, 1.807) is 48.7 Å². The maximum atomic E-state index is 15.0. The Kier molecular flexibility index (Phi) is 20.5. The van der Waals surface area contributed by atoms with Crippen molar-refractivity contribution in [3.63, 3.8) is 0 Å². The number of pyridine rings is 1. The van der Waals surface area contributed by atoms with Crippen molar-refractivity contribution >= 4 is 79.3 Å². The molecular formula is C56H54BrClF6N6O7. The number of aliphatic carboxylic acids is 1. The van der Waals surface area contributed by atoms with Crippen molar-refractivity contribution in [1.29, 1.82) is 0 Å². The third-order valence-electron chi connectivity index (χ3n) is 13.2. The molecule has 77 heavy (non-hydrogen) atoms. The third-order valence-corrected chi connectivity index (χ3v) is 14.0. The molecule has 21 heteroatoms. The lowest BCUT2D eigenvalue weighted by molar-refractivity contribution is -0.139. The van der Waals surface area contributed by atoms with Gasteiger partial charge in [-0.3, -0.25) is 9.78 Å². The Hall–Kier alpha value is -7.21. The number of esters is 1. The first-order valence-electron chi connectivity index (χ1n) is 24.4. The quantitative estimate of drug-likeness (QED) is 0.0586. The van der Waals surface area contributed by atoms with Crippen LogP contribution in [0.3, 0.4) is 0 Å². The summed E-state index contributed by atoms with van der Waals surface area (Å²) in [6.45, 7) is 16.0. The van der Waals surface area contributed by atoms with Gasteiger partial charge in [-0.25, -0.2) is 45.6 Å². The number of halogens is 8. The number of methoxy groups -OCH3 is 1. The zero-order valence-electron chi connectivity index (χ0n) is 42.2. The van der Waals surface area contributed by atoms with Crippen molar-refractivity contribution in [2.24, 2.45) is 0 Å². The lowest BCUT2D eigenvalue weighted by atomic mass is 9.95. The highest BCUT2D eigenvalue weighted by Gasteiger charge is 2.30. The van der Waals surface area contributed by atoms with E-state index in [1.165, 1.54) is 19.4 Å². The fourth-order valence-corrected chi connectivity index (χ4v) is 9.95. The topological polar surface area (TPSA) is 166 Å². The zero-order chi connectivity index (χ0) is 56.2. The van der Waals surface area contributed by atoms with E-state index in [1.807, 2.05) is 23.6 Å². The number of anilines is 2. The van der Waals surface area contributed by atoms with E-state index in [4.69, 9.17) is 23.3 Å². The summed E-state index contributed by atoms with van der Waals surface area (Å²) in [7, 11) is 1.06. The van der Waals surface area contributed by atoms with Crippen molar-refractivity contribution in [2.45, 2.75) is 89.9 Å². The second-order valence-electron chi connectivity index (χ2n) is 18.5. The fourth-order valence-electron chi connectivity index (χ4n) is 9.27. The summed E-state index contributed by atoms with van der Waals surface area (Å²) in [6.07, 6.45) is 7.93. The van der Waals surface area contributed by atoms with Gasteiger partial charge in [-0.1, -0.05) is 57.9 Å². The normalized spacial score (nSPS) is 16.9. The molecule has 4 N–H and O–H groups in total. The maximum Gasteiger partial charge on any atom is 0.343 e. The standard InChI is InChI=1S/C31H25ClF2N4O3.C12H13F2NO2.C8H5BrF2O2.C5H11N/c1-17-5-4-12-38(17)20-15-25(33)28(26(34)16-20)30(39)37-27(31(40)41)13-18-7-9-23(29-21(18)6-3-11-36-29)22-10-8-19(35-2)14-24(22)32;1-7-3-2-4-15(7)8-5-9(13)11(12(16)17)10(14)6-8;1-13-8(12)7-5(10)2-4(9)3-6(7)11;1-5-3-2-4-6-5/h3,6-11,14-17,27H,4-5,12-13H2,1H3,(H,37,39)(H,40,41);5-7H,2-4H2,1H3,(H,16,17);2-3H,1H3;5-6H,2-4H2,1H3/t17-,27-;7-;;5-/m00.0/s1. The molecule has 0 unspecified atom stereocenters. The number of benzene rings is 5. The number of carbonyl (C=O) groups is 4. The minimum absolute atomic E-state index is 0.120. The van der Waals surface area contributed by atoms with Crippen molar-refractivity contribution in [3.8, 4) is 11.1 Å². The number of carboxylic acids is 2. The minimum atomic E-state index is -1.58. The first kappa shape index (κ1) is 59.0. The van der Waals surface area contributed by atoms with Crippen LogP contribution in [0, 0.1) is 41.5 Å². The number of aromatic carboxylic acids is 1. The molecule has 1 amide bonds. The smallest absolute Gasteiger partial charge is 0.343 e. The Morgan fingerprint density at radius 1 is 0.779 bits per heavy atom. The molecule has 6 aromatic rings. The summed E-state index contributed by atoms with van der Waals surface area (Å²) >= 11 is 9.33. The molecule has 5 aromatic carbocycles. The SMILES string of the molecule is COC(=O)c1c(F)cc(Br)cc1F.C[C@H]1CCCN1.C[C@H]1CCCN1c1cc(F)c(C(=O)O)c(F)c1.[C-]#[N+]c1ccc(-c2ccc(C[C@H](NC(=O)c3c(F)cc(N4CCC[C@@H]4C)cc3F)C(=O)O)c3cccnc23)c(Cl)c1. The molecule has 0 aliphatic carbocycles. The molecule has 3 aliphatic rings. The van der Waals surface area contributed by atoms with Gasteiger partial charge in [-0.05, 0) is 125 Å². The molecule has 0 saturated carbocycles. The van der Waals surface area contributed by atoms with Crippen molar-refractivity contribution in [1.82, 2.24) is 15.6 Å². The number of carboxylic acid groups (broad SMARTS) is 2. The molecule has 3 fully saturated rings. The van der Waals surface area contributed by atoms with Crippen LogP contribution in [0.5, 0.6) is 0 Å². The highest BCUT2D eigenvalue weighted by Crippen LogP contribution is 2.37. The van der Waals surface area contributed by atoms with Gasteiger partial charge in [0.15, 0.2) is 5.69 Å². The Morgan fingerprint density at radius 2 is 1.32 bits per heavy atom. The number of amides is 1. The largest absolute Gasteiger partial charge is 0.480 e. The molecule has 406 valence electrons. The Balaban J connectivity index is 0.000000215. The van der Waals surface area contributed by atoms with Gasteiger partial charge in [0.05, 0.1) is 19.2 Å². The Labute approximate surface area is 454 Å². The van der Waals surface area contributed by atoms with Crippen molar-refractivity contribution < 1.29 is 60.5 Å². The maximum absolute atomic E-state index is 15.0. The lowest BCUT2D eigenvalue weighted by Crippen LogP contribution is -2.43. The highest BCUT2D eigenvalue weighted by molar-refractivity contribution is 9.10. The molecule has 0 spiro atoms. The minimum Gasteiger partial charge on any atom is -0.480 e. The van der Waals surface area contributed by atoms with Gasteiger partial charge in [-0.2, -0.15) is 0 Å². The second kappa shape index (κ2) is 26.7. The number of nitrogens with zero attached hydrogens (tertiary/aromatic N) is 4. The Bertz CT molecular complexity index is 3150. The third kappa shape index (κ3) is 14.6. The van der Waals surface area contributed by atoms with E-state index in [-0.39, 0.29) is 23.0 Å². The molecule has 3 aliphatic heterocycles. The summed E-state index contributed by atoms with van der Waals surface area (Å²) in [5, 5.41) is 25.2. The lowest BCUT2D eigenvalue weighted by Gasteiger charge is -2.24. The zero-order valence-corrected chi connectivity index (χ0v) is 44.6. The molecule has 13 nitrogen and oxygen atoms in total. The van der Waals surface area contributed by atoms with Gasteiger partial charge >= 0.3 is 17.9 Å². The summed E-state index contributed by atoms with van der Waals surface area (Å²) in [5.41, 5.74) is 1.18. The molecule has 4 atom stereocenters. The van der Waals surface area contributed by atoms with E-state index >= 15 is 8.78 Å². The Morgan fingerprint density at radius 3 is 1.77 bits per heavy atom. The number of rotatable bonds is 10. The molecular weight excluding hydrogens is 1100 g/mol. The monoisotopic (exact) mass is 1150 g/mol. The molecule has 0 radical (unpaired) electrons. The van der Waals surface area contributed by atoms with Gasteiger partial charge in [-0.15, -0.1) is 0 Å². The summed E-state index contributed by atoms with van der Waals surface area (Å²) in [5.74, 6) is -11.2. The van der Waals surface area contributed by atoms with Crippen LogP contribution in [0.15, 0.2) is 89.5 Å². The number of aromatic nitrogens is 1. The molecule has 1 aromatic heterocycles. The van der Waals surface area contributed by atoms with Crippen LogP contribution in [0.1, 0.15) is 95.9 Å². The summed E-state index contributed by atoms with van der Waals surface area (Å²) < 4.78 is 87.4. The predicted molar refractivity (Wildman–Crippen MR) is 285 cm³/mol. The predicted octanol–water partition coefficient (Wildman–Crippen LogP) is 12.7. The molecule has 9 rings (SSSR count).